The van der Waals surface area contributed by atoms with E-state index in [0.29, 0.717) is 49.4 Å². The number of carbonyl (C=O) groups is 1. The molecule has 8 heteroatoms. The fraction of sp³-hybridized carbons (Fsp3) is 0.700. The van der Waals surface area contributed by atoms with Gasteiger partial charge in [-0.1, -0.05) is 19.0 Å². The van der Waals surface area contributed by atoms with Crippen molar-refractivity contribution in [2.75, 3.05) is 38.3 Å². The summed E-state index contributed by atoms with van der Waals surface area (Å²) in [5, 5.41) is 7.87. The average Bonchev–Trinajstić information content (AvgIpc) is 3.03. The maximum atomic E-state index is 12.1. The fourth-order valence-electron chi connectivity index (χ4n) is 3.95. The second-order valence-electron chi connectivity index (χ2n) is 7.96. The molecule has 0 bridgehead atoms. The summed E-state index contributed by atoms with van der Waals surface area (Å²) in [4.78, 5) is 23.7. The molecule has 1 N–H and O–H groups in total. The van der Waals surface area contributed by atoms with Gasteiger partial charge in [0.15, 0.2) is 0 Å². The Morgan fingerprint density at radius 2 is 2.04 bits per heavy atom. The van der Waals surface area contributed by atoms with Crippen molar-refractivity contribution < 1.29 is 14.1 Å². The first kappa shape index (κ1) is 20.5. The summed E-state index contributed by atoms with van der Waals surface area (Å²) in [6, 6.07) is 0. The van der Waals surface area contributed by atoms with Crippen LogP contribution in [0.15, 0.2) is 4.52 Å². The molecule has 1 amide bonds. The summed E-state index contributed by atoms with van der Waals surface area (Å²) in [6.07, 6.45) is 2.84. The molecule has 0 aliphatic carbocycles. The maximum Gasteiger partial charge on any atom is 0.263 e. The van der Waals surface area contributed by atoms with E-state index in [0.717, 1.165) is 36.4 Å². The molecule has 2 atom stereocenters. The number of carbonyl (C=O) groups excluding carboxylic acids is 1. The van der Waals surface area contributed by atoms with Gasteiger partial charge in [-0.2, -0.15) is 4.98 Å². The molecule has 2 aromatic rings. The van der Waals surface area contributed by atoms with Crippen molar-refractivity contribution in [2.45, 2.75) is 46.5 Å². The summed E-state index contributed by atoms with van der Waals surface area (Å²) in [5.41, 5.74) is 1.31. The number of amides is 1. The molecule has 3 rings (SSSR count). The first-order chi connectivity index (χ1) is 13.5. The highest BCUT2D eigenvalue weighted by Gasteiger charge is 2.27. The molecule has 3 heterocycles. The first-order valence-electron chi connectivity index (χ1n) is 10.1. The number of aryl methyl sites for hydroxylation is 2. The normalized spacial score (nSPS) is 19.9. The van der Waals surface area contributed by atoms with Gasteiger partial charge in [0.1, 0.15) is 17.0 Å². The number of hydrogen-bond donors (Lipinski definition) is 1. The Balaban J connectivity index is 1.74. The van der Waals surface area contributed by atoms with Crippen LogP contribution in [-0.2, 0) is 16.0 Å². The minimum atomic E-state index is -0.00434. The quantitative estimate of drug-likeness (QED) is 0.693. The second kappa shape index (κ2) is 9.32. The minimum Gasteiger partial charge on any atom is -0.385 e. The molecule has 0 radical (unpaired) electrons. The van der Waals surface area contributed by atoms with Gasteiger partial charge in [0.2, 0.25) is 5.91 Å². The van der Waals surface area contributed by atoms with Crippen molar-refractivity contribution in [3.63, 3.8) is 0 Å². The molecule has 28 heavy (non-hydrogen) atoms. The van der Waals surface area contributed by atoms with E-state index < -0.39 is 0 Å². The van der Waals surface area contributed by atoms with Crippen molar-refractivity contribution >= 4 is 22.8 Å². The monoisotopic (exact) mass is 389 g/mol. The summed E-state index contributed by atoms with van der Waals surface area (Å²) in [6.45, 7) is 9.64. The number of piperidine rings is 1. The Labute approximate surface area is 166 Å². The number of anilines is 1. The van der Waals surface area contributed by atoms with Crippen LogP contribution in [0.5, 0.6) is 0 Å². The highest BCUT2D eigenvalue weighted by molar-refractivity contribution is 5.88. The molecular formula is C20H31N5O3. The van der Waals surface area contributed by atoms with Crippen LogP contribution in [-0.4, -0.2) is 54.4 Å². The van der Waals surface area contributed by atoms with Gasteiger partial charge in [-0.25, -0.2) is 4.98 Å². The van der Waals surface area contributed by atoms with Crippen molar-refractivity contribution in [1.29, 1.82) is 0 Å². The Morgan fingerprint density at radius 1 is 1.29 bits per heavy atom. The van der Waals surface area contributed by atoms with E-state index in [1.54, 1.807) is 7.11 Å². The summed E-state index contributed by atoms with van der Waals surface area (Å²) >= 11 is 0. The third-order valence-electron chi connectivity index (χ3n) is 5.13. The van der Waals surface area contributed by atoms with E-state index in [2.05, 4.69) is 34.2 Å². The topological polar surface area (TPSA) is 93.4 Å². The standard InChI is InChI=1S/C20H31N5O3/c1-13-10-14(2)12-25(11-13)19-18-15(3)24-28-20(18)23-16(22-19)6-7-17(26)21-8-5-9-27-4/h13-14H,5-12H2,1-4H3,(H,21,26)/t13-,14-/m1/s1. The SMILES string of the molecule is COCCCNC(=O)CCc1nc(N2C[C@H](C)C[C@@H](C)C2)c2c(C)noc2n1. The highest BCUT2D eigenvalue weighted by atomic mass is 16.5. The van der Waals surface area contributed by atoms with E-state index in [4.69, 9.17) is 14.2 Å². The number of nitrogens with one attached hydrogen (secondary N) is 1. The highest BCUT2D eigenvalue weighted by Crippen LogP contribution is 2.31. The number of nitrogens with zero attached hydrogens (tertiary/aromatic N) is 4. The number of methoxy groups -OCH3 is 1. The minimum absolute atomic E-state index is 0.00434. The second-order valence-corrected chi connectivity index (χ2v) is 7.96. The predicted octanol–water partition coefficient (Wildman–Crippen LogP) is 2.49. The van der Waals surface area contributed by atoms with Crippen LogP contribution in [0.25, 0.3) is 11.1 Å². The van der Waals surface area contributed by atoms with Crippen molar-refractivity contribution in [3.8, 4) is 0 Å². The van der Waals surface area contributed by atoms with Crippen LogP contribution in [0, 0.1) is 18.8 Å². The van der Waals surface area contributed by atoms with Crippen LogP contribution in [0.1, 0.15) is 44.6 Å². The lowest BCUT2D eigenvalue weighted by Crippen LogP contribution is -2.39. The third-order valence-corrected chi connectivity index (χ3v) is 5.13. The zero-order valence-electron chi connectivity index (χ0n) is 17.3. The van der Waals surface area contributed by atoms with Crippen LogP contribution in [0.3, 0.4) is 0 Å². The molecule has 8 nitrogen and oxygen atoms in total. The van der Waals surface area contributed by atoms with E-state index in [1.165, 1.54) is 6.42 Å². The molecule has 1 aliphatic heterocycles. The van der Waals surface area contributed by atoms with Crippen LogP contribution >= 0.6 is 0 Å². The van der Waals surface area contributed by atoms with Gasteiger partial charge < -0.3 is 19.5 Å². The molecule has 1 aliphatic rings. The zero-order chi connectivity index (χ0) is 20.1. The molecule has 0 aromatic carbocycles. The van der Waals surface area contributed by atoms with E-state index >= 15 is 0 Å². The molecule has 1 saturated heterocycles. The molecule has 2 aromatic heterocycles. The molecule has 0 spiro atoms. The Morgan fingerprint density at radius 3 is 2.75 bits per heavy atom. The Kier molecular flexibility index (Phi) is 6.83. The third kappa shape index (κ3) is 4.98. The van der Waals surface area contributed by atoms with E-state index in [9.17, 15) is 4.79 Å². The van der Waals surface area contributed by atoms with Crippen molar-refractivity contribution in [1.82, 2.24) is 20.4 Å². The number of fused-ring (bicyclic) bond motifs is 1. The molecular weight excluding hydrogens is 358 g/mol. The summed E-state index contributed by atoms with van der Waals surface area (Å²) in [7, 11) is 1.65. The zero-order valence-corrected chi connectivity index (χ0v) is 17.3. The number of ether oxygens (including phenoxy) is 1. The lowest BCUT2D eigenvalue weighted by atomic mass is 9.92. The van der Waals surface area contributed by atoms with Crippen molar-refractivity contribution in [2.24, 2.45) is 11.8 Å². The average molecular weight is 390 g/mol. The number of aromatic nitrogens is 3. The van der Waals surface area contributed by atoms with Crippen LogP contribution in [0.4, 0.5) is 5.82 Å². The van der Waals surface area contributed by atoms with Gasteiger partial charge in [-0.3, -0.25) is 4.79 Å². The van der Waals surface area contributed by atoms with Gasteiger partial charge in [-0.15, -0.1) is 0 Å². The van der Waals surface area contributed by atoms with Crippen LogP contribution in [0.2, 0.25) is 0 Å². The lowest BCUT2D eigenvalue weighted by Gasteiger charge is -2.36. The summed E-state index contributed by atoms with van der Waals surface area (Å²) in [5.74, 6) is 2.72. The molecule has 1 fully saturated rings. The van der Waals surface area contributed by atoms with E-state index in [1.807, 2.05) is 6.92 Å². The van der Waals surface area contributed by atoms with Gasteiger partial charge in [0.05, 0.1) is 5.69 Å². The number of rotatable bonds is 8. The maximum absolute atomic E-state index is 12.1. The molecule has 0 unspecified atom stereocenters. The predicted molar refractivity (Wildman–Crippen MR) is 107 cm³/mol. The van der Waals surface area contributed by atoms with Gasteiger partial charge >= 0.3 is 0 Å². The van der Waals surface area contributed by atoms with Gasteiger partial charge in [0, 0.05) is 46.2 Å². The van der Waals surface area contributed by atoms with E-state index in [-0.39, 0.29) is 5.91 Å². The summed E-state index contributed by atoms with van der Waals surface area (Å²) < 4.78 is 10.4. The van der Waals surface area contributed by atoms with Crippen molar-refractivity contribution in [3.05, 3.63) is 11.5 Å². The Hall–Kier alpha value is -2.22. The molecule has 0 saturated carbocycles. The number of hydrogen-bond acceptors (Lipinski definition) is 7. The Bertz CT molecular complexity index is 796. The lowest BCUT2D eigenvalue weighted by molar-refractivity contribution is -0.121. The smallest absolute Gasteiger partial charge is 0.263 e. The van der Waals surface area contributed by atoms with Gasteiger partial charge in [-0.05, 0) is 31.6 Å². The fourth-order valence-corrected chi connectivity index (χ4v) is 3.95. The molecule has 154 valence electrons. The van der Waals surface area contributed by atoms with Crippen LogP contribution < -0.4 is 10.2 Å². The van der Waals surface area contributed by atoms with Gasteiger partial charge in [0.25, 0.3) is 5.71 Å². The largest absolute Gasteiger partial charge is 0.385 e. The first-order valence-corrected chi connectivity index (χ1v) is 10.1.